The molecule has 0 saturated heterocycles. The number of hydrogen-bond donors (Lipinski definition) is 1. The molecular formula is C16H26N2. The zero-order chi connectivity index (χ0) is 12.8. The van der Waals surface area contributed by atoms with Crippen molar-refractivity contribution in [1.29, 1.82) is 0 Å². The van der Waals surface area contributed by atoms with Gasteiger partial charge in [0.05, 0.1) is 0 Å². The molecule has 1 aliphatic rings. The summed E-state index contributed by atoms with van der Waals surface area (Å²) in [5, 5.41) is 3.56. The van der Waals surface area contributed by atoms with Gasteiger partial charge in [0.15, 0.2) is 0 Å². The zero-order valence-electron chi connectivity index (χ0n) is 11.8. The Bertz CT molecular complexity index is 354. The molecule has 0 heterocycles. The minimum absolute atomic E-state index is 0.961. The predicted octanol–water partition coefficient (Wildman–Crippen LogP) is 4.13. The summed E-state index contributed by atoms with van der Waals surface area (Å²) >= 11 is 0. The van der Waals surface area contributed by atoms with Crippen molar-refractivity contribution in [2.45, 2.75) is 38.5 Å². The number of benzene rings is 1. The lowest BCUT2D eigenvalue weighted by molar-refractivity contribution is 0.345. The van der Waals surface area contributed by atoms with E-state index < -0.39 is 0 Å². The Morgan fingerprint density at radius 2 is 1.94 bits per heavy atom. The van der Waals surface area contributed by atoms with E-state index in [1.165, 1.54) is 49.9 Å². The van der Waals surface area contributed by atoms with E-state index in [0.29, 0.717) is 0 Å². The third-order valence-electron chi connectivity index (χ3n) is 3.97. The molecule has 0 unspecified atom stereocenters. The largest absolute Gasteiger partial charge is 0.385 e. The lowest BCUT2D eigenvalue weighted by Crippen LogP contribution is -2.13. The third kappa shape index (κ3) is 3.94. The van der Waals surface area contributed by atoms with Crippen molar-refractivity contribution in [1.82, 2.24) is 0 Å². The van der Waals surface area contributed by atoms with Crippen LogP contribution in [-0.2, 0) is 0 Å². The summed E-state index contributed by atoms with van der Waals surface area (Å²) in [5.41, 5.74) is 2.51. The van der Waals surface area contributed by atoms with Crippen molar-refractivity contribution < 1.29 is 0 Å². The molecule has 1 aromatic carbocycles. The fourth-order valence-corrected chi connectivity index (χ4v) is 2.79. The van der Waals surface area contributed by atoms with Crippen molar-refractivity contribution in [2.24, 2.45) is 5.92 Å². The summed E-state index contributed by atoms with van der Waals surface area (Å²) in [5.74, 6) is 0.961. The molecule has 18 heavy (non-hydrogen) atoms. The first-order chi connectivity index (χ1) is 8.75. The molecule has 0 aliphatic heterocycles. The lowest BCUT2D eigenvalue weighted by atomic mass is 9.87. The monoisotopic (exact) mass is 246 g/mol. The van der Waals surface area contributed by atoms with Gasteiger partial charge in [-0.2, -0.15) is 0 Å². The molecule has 2 nitrogen and oxygen atoms in total. The molecule has 2 rings (SSSR count). The van der Waals surface area contributed by atoms with Crippen LogP contribution in [0.5, 0.6) is 0 Å². The summed E-state index contributed by atoms with van der Waals surface area (Å²) in [4.78, 5) is 2.15. The SMILES string of the molecule is CN(C)c1cccc(NCCC2CCCCC2)c1. The van der Waals surface area contributed by atoms with Gasteiger partial charge in [0.2, 0.25) is 0 Å². The normalized spacial score (nSPS) is 16.6. The number of nitrogens with zero attached hydrogens (tertiary/aromatic N) is 1. The molecule has 2 heteroatoms. The molecule has 0 atom stereocenters. The van der Waals surface area contributed by atoms with Crippen LogP contribution in [0.15, 0.2) is 24.3 Å². The van der Waals surface area contributed by atoms with E-state index in [9.17, 15) is 0 Å². The predicted molar refractivity (Wildman–Crippen MR) is 80.5 cm³/mol. The van der Waals surface area contributed by atoms with Crippen molar-refractivity contribution in [3.05, 3.63) is 24.3 Å². The van der Waals surface area contributed by atoms with E-state index in [0.717, 1.165) is 12.5 Å². The third-order valence-corrected chi connectivity index (χ3v) is 3.97. The fraction of sp³-hybridized carbons (Fsp3) is 0.625. The Balaban J connectivity index is 1.77. The van der Waals surface area contributed by atoms with Gasteiger partial charge in [-0.3, -0.25) is 0 Å². The minimum atomic E-state index is 0.961. The number of anilines is 2. The molecule has 0 radical (unpaired) electrons. The van der Waals surface area contributed by atoms with Gasteiger partial charge in [-0.15, -0.1) is 0 Å². The molecule has 0 amide bonds. The van der Waals surface area contributed by atoms with E-state index in [-0.39, 0.29) is 0 Å². The molecule has 0 bridgehead atoms. The maximum absolute atomic E-state index is 3.56. The molecule has 0 aromatic heterocycles. The van der Waals surface area contributed by atoms with E-state index in [4.69, 9.17) is 0 Å². The first-order valence-electron chi connectivity index (χ1n) is 7.27. The summed E-state index contributed by atoms with van der Waals surface area (Å²) in [7, 11) is 4.17. The molecule has 1 aromatic rings. The van der Waals surface area contributed by atoms with Crippen LogP contribution >= 0.6 is 0 Å². The average Bonchev–Trinajstić information content (AvgIpc) is 2.40. The van der Waals surface area contributed by atoms with Gasteiger partial charge in [-0.1, -0.05) is 38.2 Å². The summed E-state index contributed by atoms with van der Waals surface area (Å²) in [6, 6.07) is 8.65. The first kappa shape index (κ1) is 13.3. The summed E-state index contributed by atoms with van der Waals surface area (Å²) in [6.07, 6.45) is 8.56. The number of rotatable bonds is 5. The van der Waals surface area contributed by atoms with E-state index >= 15 is 0 Å². The van der Waals surface area contributed by atoms with Crippen molar-refractivity contribution >= 4 is 11.4 Å². The van der Waals surface area contributed by atoms with Crippen LogP contribution in [0.3, 0.4) is 0 Å². The maximum Gasteiger partial charge on any atom is 0.0381 e. The Labute approximate surface area is 111 Å². The van der Waals surface area contributed by atoms with Gasteiger partial charge in [-0.25, -0.2) is 0 Å². The van der Waals surface area contributed by atoms with E-state index in [1.54, 1.807) is 0 Å². The van der Waals surface area contributed by atoms with Crippen LogP contribution in [0, 0.1) is 5.92 Å². The quantitative estimate of drug-likeness (QED) is 0.840. The van der Waals surface area contributed by atoms with Crippen molar-refractivity contribution in [3.8, 4) is 0 Å². The molecule has 1 saturated carbocycles. The van der Waals surface area contributed by atoms with Gasteiger partial charge < -0.3 is 10.2 Å². The molecule has 1 N–H and O–H groups in total. The molecular weight excluding hydrogens is 220 g/mol. The topological polar surface area (TPSA) is 15.3 Å². The fourth-order valence-electron chi connectivity index (χ4n) is 2.79. The second-order valence-electron chi connectivity index (χ2n) is 5.66. The standard InChI is InChI=1S/C16H26N2/c1-18(2)16-10-6-9-15(13-16)17-12-11-14-7-4-3-5-8-14/h6,9-10,13-14,17H,3-5,7-8,11-12H2,1-2H3. The van der Waals surface area contributed by atoms with Crippen LogP contribution in [0.2, 0.25) is 0 Å². The van der Waals surface area contributed by atoms with Crippen LogP contribution in [0.4, 0.5) is 11.4 Å². The van der Waals surface area contributed by atoms with Crippen molar-refractivity contribution in [2.75, 3.05) is 30.9 Å². The first-order valence-corrected chi connectivity index (χ1v) is 7.27. The van der Waals surface area contributed by atoms with Gasteiger partial charge in [0.25, 0.3) is 0 Å². The number of hydrogen-bond acceptors (Lipinski definition) is 2. The summed E-state index contributed by atoms with van der Waals surface area (Å²) in [6.45, 7) is 1.11. The molecule has 1 fully saturated rings. The van der Waals surface area contributed by atoms with Crippen LogP contribution in [-0.4, -0.2) is 20.6 Å². The van der Waals surface area contributed by atoms with Crippen LogP contribution in [0.1, 0.15) is 38.5 Å². The van der Waals surface area contributed by atoms with E-state index in [2.05, 4.69) is 48.6 Å². The second-order valence-corrected chi connectivity index (χ2v) is 5.66. The highest BCUT2D eigenvalue weighted by Gasteiger charge is 2.12. The van der Waals surface area contributed by atoms with Crippen LogP contribution < -0.4 is 10.2 Å². The molecule has 100 valence electrons. The second kappa shape index (κ2) is 6.67. The van der Waals surface area contributed by atoms with E-state index in [1.807, 2.05) is 0 Å². The van der Waals surface area contributed by atoms with Crippen molar-refractivity contribution in [3.63, 3.8) is 0 Å². The van der Waals surface area contributed by atoms with Gasteiger partial charge >= 0.3 is 0 Å². The summed E-state index contributed by atoms with van der Waals surface area (Å²) < 4.78 is 0. The smallest absolute Gasteiger partial charge is 0.0381 e. The highest BCUT2D eigenvalue weighted by molar-refractivity contribution is 5.57. The van der Waals surface area contributed by atoms with Gasteiger partial charge in [0, 0.05) is 32.0 Å². The average molecular weight is 246 g/mol. The maximum atomic E-state index is 3.56. The number of nitrogens with one attached hydrogen (secondary N) is 1. The van der Waals surface area contributed by atoms with Gasteiger partial charge in [0.1, 0.15) is 0 Å². The molecule has 0 spiro atoms. The highest BCUT2D eigenvalue weighted by atomic mass is 15.1. The van der Waals surface area contributed by atoms with Crippen LogP contribution in [0.25, 0.3) is 0 Å². The Morgan fingerprint density at radius 1 is 1.17 bits per heavy atom. The Hall–Kier alpha value is -1.18. The highest BCUT2D eigenvalue weighted by Crippen LogP contribution is 2.26. The lowest BCUT2D eigenvalue weighted by Gasteiger charge is -2.22. The van der Waals surface area contributed by atoms with Gasteiger partial charge in [-0.05, 0) is 30.5 Å². The minimum Gasteiger partial charge on any atom is -0.385 e. The molecule has 1 aliphatic carbocycles. The zero-order valence-corrected chi connectivity index (χ0v) is 11.8. The Morgan fingerprint density at radius 3 is 2.67 bits per heavy atom. The Kier molecular flexibility index (Phi) is 4.91.